The molecule has 2 N–H and O–H groups in total. The summed E-state index contributed by atoms with van der Waals surface area (Å²) >= 11 is 5.04. The van der Waals surface area contributed by atoms with E-state index >= 15 is 0 Å². The molecule has 1 aliphatic heterocycles. The Kier molecular flexibility index (Phi) is 4.71. The average molecular weight is 242 g/mol. The highest BCUT2D eigenvalue weighted by Crippen LogP contribution is 2.26. The number of thiocarbonyl (C=S) groups is 1. The normalized spacial score (nSPS) is 21.0. The van der Waals surface area contributed by atoms with Gasteiger partial charge in [0.05, 0.1) is 10.4 Å². The van der Waals surface area contributed by atoms with Gasteiger partial charge in [-0.05, 0) is 26.2 Å². The fraction of sp³-hybridized carbons (Fsp3) is 0.833. The average Bonchev–Trinajstić information content (AvgIpc) is 2.55. The Labute approximate surface area is 103 Å². The first-order valence-electron chi connectivity index (χ1n) is 6.11. The van der Waals surface area contributed by atoms with Crippen molar-refractivity contribution in [3.05, 3.63) is 0 Å². The van der Waals surface area contributed by atoms with E-state index in [-0.39, 0.29) is 5.91 Å². The van der Waals surface area contributed by atoms with Gasteiger partial charge in [0.25, 0.3) is 0 Å². The molecule has 1 saturated heterocycles. The quantitative estimate of drug-likeness (QED) is 0.771. The van der Waals surface area contributed by atoms with Crippen LogP contribution in [0.5, 0.6) is 0 Å². The molecule has 1 aliphatic rings. The number of amides is 1. The maximum atomic E-state index is 12.4. The molecule has 1 rings (SSSR count). The molecule has 0 radical (unpaired) electrons. The molecule has 3 nitrogen and oxygen atoms in total. The van der Waals surface area contributed by atoms with Crippen LogP contribution in [0.2, 0.25) is 0 Å². The molecule has 16 heavy (non-hydrogen) atoms. The van der Waals surface area contributed by atoms with Gasteiger partial charge in [-0.1, -0.05) is 32.0 Å². The van der Waals surface area contributed by atoms with E-state index in [0.717, 1.165) is 25.9 Å². The lowest BCUT2D eigenvalue weighted by atomic mass is 9.85. The molecule has 1 amide bonds. The third-order valence-electron chi connectivity index (χ3n) is 3.62. The van der Waals surface area contributed by atoms with Crippen LogP contribution >= 0.6 is 12.2 Å². The molecule has 0 saturated carbocycles. The molecular formula is C12H22N2OS. The lowest BCUT2D eigenvalue weighted by molar-refractivity contribution is -0.137. The Hall–Kier alpha value is -0.640. The molecule has 0 spiro atoms. The summed E-state index contributed by atoms with van der Waals surface area (Å²) in [4.78, 5) is 14.7. The highest BCUT2D eigenvalue weighted by molar-refractivity contribution is 7.80. The molecule has 0 aromatic heterocycles. The lowest BCUT2D eigenvalue weighted by Crippen LogP contribution is -2.48. The summed E-state index contributed by atoms with van der Waals surface area (Å²) in [6.45, 7) is 5.55. The van der Waals surface area contributed by atoms with E-state index in [2.05, 4.69) is 0 Å². The van der Waals surface area contributed by atoms with Gasteiger partial charge >= 0.3 is 0 Å². The number of nitrogens with zero attached hydrogens (tertiary/aromatic N) is 1. The predicted molar refractivity (Wildman–Crippen MR) is 70.2 cm³/mol. The molecular weight excluding hydrogens is 220 g/mol. The van der Waals surface area contributed by atoms with Gasteiger partial charge in [0, 0.05) is 13.1 Å². The highest BCUT2D eigenvalue weighted by Gasteiger charge is 2.37. The smallest absolute Gasteiger partial charge is 0.235 e. The van der Waals surface area contributed by atoms with Gasteiger partial charge in [0.15, 0.2) is 0 Å². The van der Waals surface area contributed by atoms with E-state index in [0.29, 0.717) is 11.4 Å². The number of hydrogen-bond donors (Lipinski definition) is 1. The zero-order chi connectivity index (χ0) is 12.2. The number of likely N-dealkylation sites (tertiary alicyclic amines) is 1. The number of carbonyl (C=O) groups is 1. The van der Waals surface area contributed by atoms with Crippen LogP contribution in [-0.2, 0) is 4.79 Å². The van der Waals surface area contributed by atoms with Crippen molar-refractivity contribution in [1.29, 1.82) is 0 Å². The Balaban J connectivity index is 2.77. The van der Waals surface area contributed by atoms with Gasteiger partial charge in [-0.15, -0.1) is 0 Å². The zero-order valence-electron chi connectivity index (χ0n) is 10.3. The lowest BCUT2D eigenvalue weighted by Gasteiger charge is -2.32. The summed E-state index contributed by atoms with van der Waals surface area (Å²) in [5, 5.41) is 0. The minimum Gasteiger partial charge on any atom is -0.392 e. The maximum absolute atomic E-state index is 12.4. The predicted octanol–water partition coefficient (Wildman–Crippen LogP) is 2.09. The molecule has 1 heterocycles. The van der Waals surface area contributed by atoms with E-state index in [4.69, 9.17) is 18.0 Å². The molecule has 0 bridgehead atoms. The Morgan fingerprint density at radius 1 is 1.31 bits per heavy atom. The molecule has 0 aromatic carbocycles. The van der Waals surface area contributed by atoms with E-state index in [9.17, 15) is 4.79 Å². The van der Waals surface area contributed by atoms with E-state index < -0.39 is 5.41 Å². The third kappa shape index (κ3) is 2.73. The minimum absolute atomic E-state index is 0.115. The molecule has 92 valence electrons. The van der Waals surface area contributed by atoms with Crippen molar-refractivity contribution in [3.63, 3.8) is 0 Å². The van der Waals surface area contributed by atoms with Crippen molar-refractivity contribution < 1.29 is 4.79 Å². The van der Waals surface area contributed by atoms with Gasteiger partial charge < -0.3 is 10.6 Å². The van der Waals surface area contributed by atoms with Gasteiger partial charge in [-0.25, -0.2) is 0 Å². The molecule has 4 heteroatoms. The first-order valence-corrected chi connectivity index (χ1v) is 6.52. The van der Waals surface area contributed by atoms with Crippen LogP contribution in [0.15, 0.2) is 0 Å². The van der Waals surface area contributed by atoms with Gasteiger partial charge in [-0.2, -0.15) is 0 Å². The fourth-order valence-corrected chi connectivity index (χ4v) is 2.29. The number of rotatable bonds is 3. The monoisotopic (exact) mass is 242 g/mol. The Morgan fingerprint density at radius 3 is 2.19 bits per heavy atom. The summed E-state index contributed by atoms with van der Waals surface area (Å²) in [6.07, 6.45) is 5.32. The Morgan fingerprint density at radius 2 is 1.81 bits per heavy atom. The highest BCUT2D eigenvalue weighted by atomic mass is 32.1. The molecule has 1 atom stereocenters. The van der Waals surface area contributed by atoms with Crippen LogP contribution in [0.4, 0.5) is 0 Å². The SMILES string of the molecule is CCC(C)(C(=O)N1CCCCCC1)C(N)=S. The first-order chi connectivity index (χ1) is 7.52. The summed E-state index contributed by atoms with van der Waals surface area (Å²) in [7, 11) is 0. The van der Waals surface area contributed by atoms with Crippen molar-refractivity contribution in [2.24, 2.45) is 11.1 Å². The van der Waals surface area contributed by atoms with Crippen LogP contribution in [0.25, 0.3) is 0 Å². The maximum Gasteiger partial charge on any atom is 0.235 e. The standard InChI is InChI=1S/C12H22N2OS/c1-3-12(2,10(13)16)11(15)14-8-6-4-5-7-9-14/h3-9H2,1-2H3,(H2,13,16). The van der Waals surface area contributed by atoms with Crippen LogP contribution in [0, 0.1) is 5.41 Å². The molecule has 1 fully saturated rings. The largest absolute Gasteiger partial charge is 0.392 e. The molecule has 0 aromatic rings. The molecule has 1 unspecified atom stereocenters. The summed E-state index contributed by atoms with van der Waals surface area (Å²) in [5.74, 6) is 0.115. The van der Waals surface area contributed by atoms with Crippen molar-refractivity contribution in [2.45, 2.75) is 46.0 Å². The van der Waals surface area contributed by atoms with Crippen molar-refractivity contribution in [1.82, 2.24) is 4.90 Å². The van der Waals surface area contributed by atoms with Gasteiger partial charge in [-0.3, -0.25) is 4.79 Å². The minimum atomic E-state index is -0.653. The second-order valence-electron chi connectivity index (χ2n) is 4.76. The number of carbonyl (C=O) groups excluding carboxylic acids is 1. The van der Waals surface area contributed by atoms with Crippen LogP contribution in [0.1, 0.15) is 46.0 Å². The van der Waals surface area contributed by atoms with E-state index in [1.54, 1.807) is 0 Å². The van der Waals surface area contributed by atoms with Crippen molar-refractivity contribution >= 4 is 23.1 Å². The second kappa shape index (κ2) is 5.62. The van der Waals surface area contributed by atoms with Crippen molar-refractivity contribution in [3.8, 4) is 0 Å². The summed E-state index contributed by atoms with van der Waals surface area (Å²) < 4.78 is 0. The van der Waals surface area contributed by atoms with E-state index in [1.807, 2.05) is 18.7 Å². The van der Waals surface area contributed by atoms with Crippen LogP contribution in [-0.4, -0.2) is 28.9 Å². The summed E-state index contributed by atoms with van der Waals surface area (Å²) in [6, 6.07) is 0. The zero-order valence-corrected chi connectivity index (χ0v) is 11.1. The van der Waals surface area contributed by atoms with Crippen LogP contribution in [0.3, 0.4) is 0 Å². The van der Waals surface area contributed by atoms with Gasteiger partial charge in [0.2, 0.25) is 5.91 Å². The topological polar surface area (TPSA) is 46.3 Å². The Bertz CT molecular complexity index is 272. The fourth-order valence-electron chi connectivity index (χ4n) is 2.05. The summed E-state index contributed by atoms with van der Waals surface area (Å²) in [5.41, 5.74) is 5.06. The number of hydrogen-bond acceptors (Lipinski definition) is 2. The van der Waals surface area contributed by atoms with Crippen LogP contribution < -0.4 is 5.73 Å². The first kappa shape index (κ1) is 13.4. The third-order valence-corrected chi connectivity index (χ3v) is 4.07. The van der Waals surface area contributed by atoms with E-state index in [1.165, 1.54) is 12.8 Å². The van der Waals surface area contributed by atoms with Gasteiger partial charge in [0.1, 0.15) is 0 Å². The molecule has 0 aliphatic carbocycles. The number of nitrogens with two attached hydrogens (primary N) is 1. The second-order valence-corrected chi connectivity index (χ2v) is 5.20. The van der Waals surface area contributed by atoms with Crippen molar-refractivity contribution in [2.75, 3.05) is 13.1 Å².